The van der Waals surface area contributed by atoms with Crippen molar-refractivity contribution in [1.29, 1.82) is 5.26 Å². The number of anilines is 1. The SMILES string of the molecule is C=C(C)c1cc(NC(C)=S)c(F)cc1CC.CC.CC.CC.CC/C=C(/C)C(C)C#N. The topological polar surface area (TPSA) is 35.8 Å². The summed E-state index contributed by atoms with van der Waals surface area (Å²) in [5, 5.41) is 11.3. The number of hydrogen-bond donors (Lipinski definition) is 1. The summed E-state index contributed by atoms with van der Waals surface area (Å²) in [4.78, 5) is 0.552. The Bertz CT molecular complexity index is 685. The Morgan fingerprint density at radius 2 is 1.61 bits per heavy atom. The van der Waals surface area contributed by atoms with Crippen molar-refractivity contribution in [3.05, 3.63) is 47.3 Å². The van der Waals surface area contributed by atoms with Gasteiger partial charge in [-0.1, -0.05) is 91.4 Å². The van der Waals surface area contributed by atoms with E-state index in [9.17, 15) is 4.39 Å². The van der Waals surface area contributed by atoms with Crippen molar-refractivity contribution in [2.45, 2.75) is 95.9 Å². The van der Waals surface area contributed by atoms with Gasteiger partial charge in [-0.25, -0.2) is 4.39 Å². The number of allylic oxidation sites excluding steroid dienone is 3. The van der Waals surface area contributed by atoms with E-state index in [-0.39, 0.29) is 11.7 Å². The number of thiocarbonyl (C=S) groups is 1. The van der Waals surface area contributed by atoms with Crippen LogP contribution in [0.3, 0.4) is 0 Å². The molecule has 0 fully saturated rings. The second kappa shape index (κ2) is 24.3. The molecule has 0 heterocycles. The minimum absolute atomic E-state index is 0.0879. The van der Waals surface area contributed by atoms with E-state index in [0.29, 0.717) is 10.7 Å². The third-order valence-corrected chi connectivity index (χ3v) is 3.85. The van der Waals surface area contributed by atoms with Gasteiger partial charge in [-0.05, 0) is 63.8 Å². The maximum atomic E-state index is 13.7. The first kappa shape index (κ1) is 36.4. The molecule has 1 unspecified atom stereocenters. The molecule has 31 heavy (non-hydrogen) atoms. The smallest absolute Gasteiger partial charge is 0.146 e. The third-order valence-electron chi connectivity index (χ3n) is 3.75. The summed E-state index contributed by atoms with van der Waals surface area (Å²) in [6.07, 6.45) is 3.90. The third kappa shape index (κ3) is 17.4. The number of aryl methyl sites for hydroxylation is 1. The van der Waals surface area contributed by atoms with Gasteiger partial charge >= 0.3 is 0 Å². The number of rotatable bonds is 5. The molecule has 2 nitrogen and oxygen atoms in total. The van der Waals surface area contributed by atoms with Crippen molar-refractivity contribution >= 4 is 28.5 Å². The lowest BCUT2D eigenvalue weighted by Gasteiger charge is -2.12. The first-order chi connectivity index (χ1) is 14.7. The van der Waals surface area contributed by atoms with Gasteiger partial charge in [0.2, 0.25) is 0 Å². The normalized spacial score (nSPS) is 10.0. The molecule has 0 aliphatic heterocycles. The van der Waals surface area contributed by atoms with Crippen molar-refractivity contribution in [1.82, 2.24) is 0 Å². The lowest BCUT2D eigenvalue weighted by molar-refractivity contribution is 0.630. The molecule has 1 aromatic carbocycles. The van der Waals surface area contributed by atoms with E-state index in [2.05, 4.69) is 31.0 Å². The average Bonchev–Trinajstić information content (AvgIpc) is 2.78. The minimum Gasteiger partial charge on any atom is -0.348 e. The van der Waals surface area contributed by atoms with E-state index in [4.69, 9.17) is 17.5 Å². The van der Waals surface area contributed by atoms with Gasteiger partial charge in [-0.3, -0.25) is 0 Å². The maximum absolute atomic E-state index is 13.7. The van der Waals surface area contributed by atoms with Gasteiger partial charge in [-0.2, -0.15) is 5.26 Å². The number of halogens is 1. The van der Waals surface area contributed by atoms with Crippen molar-refractivity contribution in [2.75, 3.05) is 5.32 Å². The number of nitriles is 1. The number of nitrogens with zero attached hydrogens (tertiary/aromatic N) is 1. The lowest BCUT2D eigenvalue weighted by atomic mass is 9.99. The van der Waals surface area contributed by atoms with Crippen LogP contribution in [0.2, 0.25) is 0 Å². The Hall–Kier alpha value is -1.99. The van der Waals surface area contributed by atoms with Crippen molar-refractivity contribution in [3.63, 3.8) is 0 Å². The molecule has 1 rings (SSSR count). The fourth-order valence-corrected chi connectivity index (χ4v) is 2.30. The fraction of sp³-hybridized carbons (Fsp3) is 0.556. The average molecular weight is 451 g/mol. The second-order valence-electron chi connectivity index (χ2n) is 6.01. The molecule has 0 aliphatic rings. The first-order valence-corrected chi connectivity index (χ1v) is 11.9. The number of nitrogens with one attached hydrogen (secondary N) is 1. The molecule has 178 valence electrons. The van der Waals surface area contributed by atoms with E-state index in [1.54, 1.807) is 19.1 Å². The molecule has 0 aliphatic carbocycles. The second-order valence-corrected chi connectivity index (χ2v) is 6.62. The van der Waals surface area contributed by atoms with Crippen molar-refractivity contribution < 1.29 is 4.39 Å². The van der Waals surface area contributed by atoms with Crippen LogP contribution in [0, 0.1) is 23.1 Å². The summed E-state index contributed by atoms with van der Waals surface area (Å²) in [6.45, 7) is 27.5. The van der Waals surface area contributed by atoms with Gasteiger partial charge in [0, 0.05) is 0 Å². The molecule has 1 N–H and O–H groups in total. The molecular weight excluding hydrogens is 403 g/mol. The molecule has 0 aromatic heterocycles. The van der Waals surface area contributed by atoms with E-state index in [0.717, 1.165) is 29.5 Å². The van der Waals surface area contributed by atoms with Gasteiger partial charge in [0.05, 0.1) is 22.7 Å². The van der Waals surface area contributed by atoms with Crippen LogP contribution in [0.15, 0.2) is 30.4 Å². The zero-order chi connectivity index (χ0) is 25.6. The van der Waals surface area contributed by atoms with Crippen LogP contribution in [0.4, 0.5) is 10.1 Å². The lowest BCUT2D eigenvalue weighted by Crippen LogP contribution is -2.07. The molecular formula is C27H47FN2S. The Morgan fingerprint density at radius 1 is 1.13 bits per heavy atom. The molecule has 0 saturated heterocycles. The molecule has 4 heteroatoms. The summed E-state index contributed by atoms with van der Waals surface area (Å²) in [6, 6.07) is 5.50. The number of benzene rings is 1. The van der Waals surface area contributed by atoms with Crippen molar-refractivity contribution in [3.8, 4) is 6.07 Å². The number of hydrogen-bond acceptors (Lipinski definition) is 2. The fourth-order valence-electron chi connectivity index (χ4n) is 2.19. The van der Waals surface area contributed by atoms with Gasteiger partial charge in [0.1, 0.15) is 5.82 Å². The molecule has 0 saturated carbocycles. The van der Waals surface area contributed by atoms with Crippen LogP contribution < -0.4 is 5.32 Å². The van der Waals surface area contributed by atoms with E-state index < -0.39 is 0 Å². The predicted molar refractivity (Wildman–Crippen MR) is 145 cm³/mol. The summed E-state index contributed by atoms with van der Waals surface area (Å²) in [5.74, 6) is -0.184. The summed E-state index contributed by atoms with van der Waals surface area (Å²) < 4.78 is 13.7. The Balaban J connectivity index is -0.000000207. The predicted octanol–water partition coefficient (Wildman–Crippen LogP) is 9.76. The van der Waals surface area contributed by atoms with Crippen LogP contribution >= 0.6 is 12.2 Å². The Kier molecular flexibility index (Phi) is 28.5. The zero-order valence-electron chi connectivity index (χ0n) is 22.2. The first-order valence-electron chi connectivity index (χ1n) is 11.5. The van der Waals surface area contributed by atoms with Crippen LogP contribution in [0.25, 0.3) is 5.57 Å². The Labute approximate surface area is 198 Å². The van der Waals surface area contributed by atoms with Crippen LogP contribution in [-0.4, -0.2) is 4.99 Å². The van der Waals surface area contributed by atoms with Gasteiger partial charge in [0.25, 0.3) is 0 Å². The summed E-state index contributed by atoms with van der Waals surface area (Å²) in [7, 11) is 0. The molecule has 1 aromatic rings. The Morgan fingerprint density at radius 3 is 1.94 bits per heavy atom. The molecule has 0 spiro atoms. The van der Waals surface area contributed by atoms with E-state index in [1.807, 2.05) is 69.2 Å². The summed E-state index contributed by atoms with van der Waals surface area (Å²) >= 11 is 4.91. The van der Waals surface area contributed by atoms with Gasteiger partial charge in [-0.15, -0.1) is 0 Å². The van der Waals surface area contributed by atoms with Gasteiger partial charge in [0.15, 0.2) is 0 Å². The van der Waals surface area contributed by atoms with Crippen LogP contribution in [0.5, 0.6) is 0 Å². The van der Waals surface area contributed by atoms with E-state index in [1.165, 1.54) is 5.57 Å². The molecule has 0 amide bonds. The van der Waals surface area contributed by atoms with Gasteiger partial charge < -0.3 is 5.32 Å². The maximum Gasteiger partial charge on any atom is 0.146 e. The molecule has 0 bridgehead atoms. The molecule has 1 atom stereocenters. The minimum atomic E-state index is -0.272. The molecule has 0 radical (unpaired) electrons. The summed E-state index contributed by atoms with van der Waals surface area (Å²) in [5.41, 5.74) is 4.49. The standard InChI is InChI=1S/C13H16FNS.C8H13N.3C2H6/c1-5-10-6-12(14)13(15-9(4)16)7-11(10)8(2)3;1-4-5-7(2)8(3)6-9;3*1-2/h6-7H,2,5H2,1,3-4H3,(H,15,16);5,8H,4H2,1-3H3;3*1-2H3/b;7-5-;;;. The largest absolute Gasteiger partial charge is 0.348 e. The highest BCUT2D eigenvalue weighted by atomic mass is 32.1. The van der Waals surface area contributed by atoms with E-state index >= 15 is 0 Å². The van der Waals surface area contributed by atoms with Crippen LogP contribution in [-0.2, 0) is 6.42 Å². The highest BCUT2D eigenvalue weighted by molar-refractivity contribution is 7.80. The quantitative estimate of drug-likeness (QED) is 0.358. The van der Waals surface area contributed by atoms with Crippen molar-refractivity contribution in [2.24, 2.45) is 5.92 Å². The zero-order valence-corrected chi connectivity index (χ0v) is 23.0. The highest BCUT2D eigenvalue weighted by Crippen LogP contribution is 2.25. The van der Waals surface area contributed by atoms with Crippen LogP contribution in [0.1, 0.15) is 101 Å². The monoisotopic (exact) mass is 450 g/mol. The highest BCUT2D eigenvalue weighted by Gasteiger charge is 2.09.